The van der Waals surface area contributed by atoms with Crippen LogP contribution in [0.25, 0.3) is 0 Å². The summed E-state index contributed by atoms with van der Waals surface area (Å²) in [7, 11) is 1.45. The van der Waals surface area contributed by atoms with Crippen LogP contribution in [-0.4, -0.2) is 42.1 Å². The first-order valence-corrected chi connectivity index (χ1v) is 6.76. The Morgan fingerprint density at radius 3 is 2.65 bits per heavy atom. The molecule has 1 aliphatic rings. The van der Waals surface area contributed by atoms with Gasteiger partial charge in [-0.2, -0.15) is 0 Å². The summed E-state index contributed by atoms with van der Waals surface area (Å²) in [6.45, 7) is -0.449. The Balaban J connectivity index is 1.90. The maximum absolute atomic E-state index is 11.7. The molecule has 1 amide bonds. The van der Waals surface area contributed by atoms with E-state index < -0.39 is 5.97 Å². The fraction of sp³-hybridized carbons (Fsp3) is 0.467. The van der Waals surface area contributed by atoms with Crippen LogP contribution < -0.4 is 4.74 Å². The predicted molar refractivity (Wildman–Crippen MR) is 73.9 cm³/mol. The van der Waals surface area contributed by atoms with Crippen molar-refractivity contribution < 1.29 is 19.4 Å². The average molecular weight is 277 g/mol. The van der Waals surface area contributed by atoms with Crippen LogP contribution in [0.2, 0.25) is 0 Å². The highest BCUT2D eigenvalue weighted by molar-refractivity contribution is 5.82. The molecule has 0 aromatic heterocycles. The number of carboxylic acids is 1. The predicted octanol–water partition coefficient (Wildman–Crippen LogP) is 1.49. The quantitative estimate of drug-likeness (QED) is 0.885. The van der Waals surface area contributed by atoms with E-state index in [0.717, 1.165) is 17.7 Å². The van der Waals surface area contributed by atoms with Gasteiger partial charge in [0.1, 0.15) is 12.3 Å². The molecule has 5 heteroatoms. The second kappa shape index (κ2) is 6.41. The fourth-order valence-corrected chi connectivity index (χ4v) is 2.35. The molecule has 1 N–H and O–H groups in total. The highest BCUT2D eigenvalue weighted by Crippen LogP contribution is 2.25. The third kappa shape index (κ3) is 3.73. The van der Waals surface area contributed by atoms with Crippen molar-refractivity contribution in [3.63, 3.8) is 0 Å². The number of nitrogens with zero attached hydrogens (tertiary/aromatic N) is 1. The van der Waals surface area contributed by atoms with Gasteiger partial charge in [0.15, 0.2) is 6.61 Å². The number of aryl methyl sites for hydroxylation is 2. The number of hydrogen-bond acceptors (Lipinski definition) is 3. The molecule has 0 heterocycles. The van der Waals surface area contributed by atoms with E-state index in [0.29, 0.717) is 5.75 Å². The summed E-state index contributed by atoms with van der Waals surface area (Å²) < 4.78 is 5.45. The van der Waals surface area contributed by atoms with Crippen molar-refractivity contribution in [1.82, 2.24) is 4.90 Å². The van der Waals surface area contributed by atoms with Gasteiger partial charge in [-0.1, -0.05) is 6.07 Å². The monoisotopic (exact) mass is 277 g/mol. The van der Waals surface area contributed by atoms with Crippen LogP contribution in [0.4, 0.5) is 0 Å². The number of rotatable bonds is 5. The number of benzene rings is 1. The first-order chi connectivity index (χ1) is 9.56. The van der Waals surface area contributed by atoms with Crippen LogP contribution in [0, 0.1) is 0 Å². The van der Waals surface area contributed by atoms with Crippen molar-refractivity contribution in [2.45, 2.75) is 25.7 Å². The Kier molecular flexibility index (Phi) is 4.61. The van der Waals surface area contributed by atoms with Gasteiger partial charge in [0.05, 0.1) is 0 Å². The van der Waals surface area contributed by atoms with Crippen LogP contribution in [0.3, 0.4) is 0 Å². The van der Waals surface area contributed by atoms with E-state index in [1.54, 1.807) is 0 Å². The van der Waals surface area contributed by atoms with E-state index in [1.807, 2.05) is 12.1 Å². The number of ether oxygens (including phenoxy) is 1. The zero-order valence-corrected chi connectivity index (χ0v) is 11.6. The maximum atomic E-state index is 11.7. The zero-order chi connectivity index (χ0) is 14.5. The zero-order valence-electron chi connectivity index (χ0n) is 11.6. The molecule has 20 heavy (non-hydrogen) atoms. The third-order valence-electron chi connectivity index (χ3n) is 3.48. The molecular weight excluding hydrogens is 258 g/mol. The number of carboxylic acid groups (broad SMARTS) is 1. The first-order valence-electron chi connectivity index (χ1n) is 6.76. The Morgan fingerprint density at radius 1 is 1.25 bits per heavy atom. The number of hydrogen-bond donors (Lipinski definition) is 1. The molecule has 0 spiro atoms. The number of carbonyl (C=O) groups excluding carboxylic acids is 1. The topological polar surface area (TPSA) is 66.8 Å². The summed E-state index contributed by atoms with van der Waals surface area (Å²) in [5.41, 5.74) is 2.65. The van der Waals surface area contributed by atoms with Crippen LogP contribution in [0.1, 0.15) is 24.0 Å². The van der Waals surface area contributed by atoms with Crippen LogP contribution in [0.15, 0.2) is 18.2 Å². The molecule has 0 fully saturated rings. The molecule has 0 saturated carbocycles. The summed E-state index contributed by atoms with van der Waals surface area (Å²) in [6.07, 6.45) is 4.58. The molecule has 1 aromatic carbocycles. The lowest BCUT2D eigenvalue weighted by Crippen LogP contribution is -2.35. The van der Waals surface area contributed by atoms with E-state index in [-0.39, 0.29) is 19.1 Å². The van der Waals surface area contributed by atoms with Gasteiger partial charge in [0.25, 0.3) is 5.91 Å². The molecule has 0 radical (unpaired) electrons. The molecular formula is C15H19NO4. The molecule has 0 bridgehead atoms. The molecule has 5 nitrogen and oxygen atoms in total. The van der Waals surface area contributed by atoms with Gasteiger partial charge in [-0.05, 0) is 48.9 Å². The van der Waals surface area contributed by atoms with E-state index >= 15 is 0 Å². The van der Waals surface area contributed by atoms with Crippen molar-refractivity contribution in [3.05, 3.63) is 29.3 Å². The second-order valence-electron chi connectivity index (χ2n) is 5.07. The Labute approximate surface area is 118 Å². The minimum atomic E-state index is -1.03. The molecule has 0 aliphatic heterocycles. The number of likely N-dealkylation sites (N-methyl/N-ethyl adjacent to an activating group) is 1. The normalized spacial score (nSPS) is 13.4. The molecule has 108 valence electrons. The highest BCUT2D eigenvalue weighted by Gasteiger charge is 2.14. The number of fused-ring (bicyclic) bond motifs is 1. The largest absolute Gasteiger partial charge is 0.484 e. The van der Waals surface area contributed by atoms with Gasteiger partial charge >= 0.3 is 5.97 Å². The number of carbonyl (C=O) groups is 2. The highest BCUT2D eigenvalue weighted by atomic mass is 16.5. The Hall–Kier alpha value is -2.04. The molecule has 1 aromatic rings. The molecule has 1 aliphatic carbocycles. The summed E-state index contributed by atoms with van der Waals surface area (Å²) >= 11 is 0. The Morgan fingerprint density at radius 2 is 1.95 bits per heavy atom. The third-order valence-corrected chi connectivity index (χ3v) is 3.48. The van der Waals surface area contributed by atoms with E-state index in [9.17, 15) is 9.59 Å². The van der Waals surface area contributed by atoms with Crippen molar-refractivity contribution in [1.29, 1.82) is 0 Å². The van der Waals surface area contributed by atoms with Gasteiger partial charge in [-0.15, -0.1) is 0 Å². The Bertz CT molecular complexity index is 513. The lowest BCUT2D eigenvalue weighted by Gasteiger charge is -2.18. The minimum absolute atomic E-state index is 0.136. The second-order valence-corrected chi connectivity index (χ2v) is 5.07. The van der Waals surface area contributed by atoms with Crippen LogP contribution >= 0.6 is 0 Å². The smallest absolute Gasteiger partial charge is 0.323 e. The van der Waals surface area contributed by atoms with Gasteiger partial charge in [0.2, 0.25) is 0 Å². The van der Waals surface area contributed by atoms with E-state index in [4.69, 9.17) is 9.84 Å². The van der Waals surface area contributed by atoms with Gasteiger partial charge in [-0.3, -0.25) is 9.59 Å². The summed E-state index contributed by atoms with van der Waals surface area (Å²) in [5.74, 6) is -0.706. The maximum Gasteiger partial charge on any atom is 0.323 e. The molecule has 0 atom stereocenters. The average Bonchev–Trinajstić information content (AvgIpc) is 2.43. The van der Waals surface area contributed by atoms with E-state index in [1.165, 1.54) is 31.0 Å². The lowest BCUT2D eigenvalue weighted by molar-refractivity contribution is -0.144. The fourth-order valence-electron chi connectivity index (χ4n) is 2.35. The van der Waals surface area contributed by atoms with E-state index in [2.05, 4.69) is 6.07 Å². The van der Waals surface area contributed by atoms with Crippen LogP contribution in [0.5, 0.6) is 5.75 Å². The van der Waals surface area contributed by atoms with Crippen molar-refractivity contribution in [2.24, 2.45) is 0 Å². The van der Waals surface area contributed by atoms with Crippen molar-refractivity contribution in [2.75, 3.05) is 20.2 Å². The number of aliphatic carboxylic acids is 1. The summed E-state index contributed by atoms with van der Waals surface area (Å²) in [6, 6.07) is 5.91. The SMILES string of the molecule is CN(CC(=O)O)C(=O)COc1ccc2c(c1)CCCC2. The summed E-state index contributed by atoms with van der Waals surface area (Å²) in [4.78, 5) is 23.3. The van der Waals surface area contributed by atoms with Gasteiger partial charge in [-0.25, -0.2) is 0 Å². The molecule has 0 saturated heterocycles. The van der Waals surface area contributed by atoms with Crippen molar-refractivity contribution >= 4 is 11.9 Å². The van der Waals surface area contributed by atoms with Gasteiger partial charge < -0.3 is 14.7 Å². The van der Waals surface area contributed by atoms with Crippen molar-refractivity contribution in [3.8, 4) is 5.75 Å². The minimum Gasteiger partial charge on any atom is -0.484 e. The lowest BCUT2D eigenvalue weighted by atomic mass is 9.92. The molecule has 2 rings (SSSR count). The van der Waals surface area contributed by atoms with Gasteiger partial charge in [0, 0.05) is 7.05 Å². The van der Waals surface area contributed by atoms with Crippen LogP contribution in [-0.2, 0) is 22.4 Å². The first kappa shape index (κ1) is 14.4. The molecule has 0 unspecified atom stereocenters. The standard InChI is InChI=1S/C15H19NO4/c1-16(9-15(18)19)14(17)10-20-13-7-6-11-4-2-3-5-12(11)8-13/h6-8H,2-5,9-10H2,1H3,(H,18,19). The number of amides is 1. The summed E-state index contributed by atoms with van der Waals surface area (Å²) in [5, 5.41) is 8.62.